The number of ether oxygens (including phenoxy) is 1. The molecule has 0 spiro atoms. The summed E-state index contributed by atoms with van der Waals surface area (Å²) in [4.78, 5) is 28.3. The number of piperazine rings is 1. The summed E-state index contributed by atoms with van der Waals surface area (Å²) in [6.45, 7) is 1.50. The van der Waals surface area contributed by atoms with Gasteiger partial charge in [-0.2, -0.15) is 0 Å². The first kappa shape index (κ1) is 19.8. The van der Waals surface area contributed by atoms with Crippen molar-refractivity contribution in [3.8, 4) is 5.75 Å². The lowest BCUT2D eigenvalue weighted by atomic mass is 10.1. The third-order valence-electron chi connectivity index (χ3n) is 4.76. The third-order valence-corrected chi connectivity index (χ3v) is 4.76. The van der Waals surface area contributed by atoms with Gasteiger partial charge in [-0.05, 0) is 6.07 Å². The number of rotatable bonds is 7. The normalized spacial score (nSPS) is 17.2. The van der Waals surface area contributed by atoms with Gasteiger partial charge in [-0.1, -0.05) is 11.2 Å². The summed E-state index contributed by atoms with van der Waals surface area (Å²) in [5.74, 6) is -0.411. The molecule has 2 heterocycles. The molecule has 1 aromatic heterocycles. The van der Waals surface area contributed by atoms with Gasteiger partial charge in [-0.15, -0.1) is 0 Å². The number of carbonyl (C=O) groups excluding carboxylic acids is 2. The van der Waals surface area contributed by atoms with Crippen LogP contribution in [0.2, 0.25) is 0 Å². The molecule has 2 amide bonds. The molecule has 150 valence electrons. The fourth-order valence-electron chi connectivity index (χ4n) is 3.15. The molecule has 1 aromatic carbocycles. The molecule has 1 saturated heterocycles. The molecule has 1 aliphatic rings. The SMILES string of the molecule is COc1ccc(CN2CCNC(=O)[C@@H]2CC(=O)N(C)Cc2ccon2)c(F)c1. The van der Waals surface area contributed by atoms with Crippen LogP contribution >= 0.6 is 0 Å². The van der Waals surface area contributed by atoms with E-state index in [1.54, 1.807) is 25.2 Å². The fraction of sp³-hybridized carbons (Fsp3) is 0.421. The predicted molar refractivity (Wildman–Crippen MR) is 97.8 cm³/mol. The molecule has 1 atom stereocenters. The minimum atomic E-state index is -0.664. The van der Waals surface area contributed by atoms with Gasteiger partial charge in [0.1, 0.15) is 23.5 Å². The van der Waals surface area contributed by atoms with Crippen molar-refractivity contribution >= 4 is 11.8 Å². The molecule has 28 heavy (non-hydrogen) atoms. The highest BCUT2D eigenvalue weighted by atomic mass is 19.1. The van der Waals surface area contributed by atoms with Crippen LogP contribution in [0, 0.1) is 5.82 Å². The van der Waals surface area contributed by atoms with Gasteiger partial charge in [0.15, 0.2) is 0 Å². The standard InChI is InChI=1S/C19H23FN4O4/c1-23(12-14-5-8-28-22-14)18(25)10-17-19(26)21-6-7-24(17)11-13-3-4-15(27-2)9-16(13)20/h3-5,8-9,17H,6-7,10-12H2,1-2H3,(H,21,26)/t17-/m0/s1. The molecule has 0 saturated carbocycles. The number of aromatic nitrogens is 1. The van der Waals surface area contributed by atoms with Crippen LogP contribution in [0.25, 0.3) is 0 Å². The maximum Gasteiger partial charge on any atom is 0.237 e. The molecule has 0 radical (unpaired) electrons. The number of hydrogen-bond donors (Lipinski definition) is 1. The average molecular weight is 390 g/mol. The Balaban J connectivity index is 1.68. The molecule has 1 aliphatic heterocycles. The van der Waals surface area contributed by atoms with E-state index >= 15 is 0 Å². The summed E-state index contributed by atoms with van der Waals surface area (Å²) in [7, 11) is 3.12. The highest BCUT2D eigenvalue weighted by Crippen LogP contribution is 2.20. The Kier molecular flexibility index (Phi) is 6.25. The molecule has 0 aliphatic carbocycles. The van der Waals surface area contributed by atoms with E-state index < -0.39 is 11.9 Å². The number of hydrogen-bond acceptors (Lipinski definition) is 6. The van der Waals surface area contributed by atoms with Gasteiger partial charge in [0.05, 0.1) is 26.1 Å². The lowest BCUT2D eigenvalue weighted by molar-refractivity contribution is -0.138. The smallest absolute Gasteiger partial charge is 0.237 e. The molecule has 2 aromatic rings. The molecule has 1 fully saturated rings. The van der Waals surface area contributed by atoms with Crippen molar-refractivity contribution < 1.29 is 23.2 Å². The second kappa shape index (κ2) is 8.83. The molecule has 1 N–H and O–H groups in total. The summed E-state index contributed by atoms with van der Waals surface area (Å²) < 4.78 is 24.1. The molecule has 3 rings (SSSR count). The molecule has 9 heteroatoms. The van der Waals surface area contributed by atoms with Crippen molar-refractivity contribution in [1.29, 1.82) is 0 Å². The minimum Gasteiger partial charge on any atom is -0.497 e. The summed E-state index contributed by atoms with van der Waals surface area (Å²) >= 11 is 0. The monoisotopic (exact) mass is 390 g/mol. The number of halogens is 1. The van der Waals surface area contributed by atoms with Gasteiger partial charge >= 0.3 is 0 Å². The first-order valence-corrected chi connectivity index (χ1v) is 8.95. The topological polar surface area (TPSA) is 87.9 Å². The van der Waals surface area contributed by atoms with E-state index in [0.29, 0.717) is 30.1 Å². The van der Waals surface area contributed by atoms with E-state index in [1.807, 2.05) is 4.90 Å². The Morgan fingerprint density at radius 1 is 1.46 bits per heavy atom. The Morgan fingerprint density at radius 2 is 2.29 bits per heavy atom. The zero-order valence-corrected chi connectivity index (χ0v) is 15.9. The molecular formula is C19H23FN4O4. The molecule has 0 bridgehead atoms. The van der Waals surface area contributed by atoms with E-state index in [-0.39, 0.29) is 31.3 Å². The van der Waals surface area contributed by atoms with Gasteiger partial charge in [0.25, 0.3) is 0 Å². The van der Waals surface area contributed by atoms with Crippen LogP contribution in [-0.2, 0) is 22.7 Å². The quantitative estimate of drug-likeness (QED) is 0.764. The number of carbonyl (C=O) groups is 2. The number of nitrogens with one attached hydrogen (secondary N) is 1. The van der Waals surface area contributed by atoms with Gasteiger partial charge < -0.3 is 19.5 Å². The predicted octanol–water partition coefficient (Wildman–Crippen LogP) is 1.17. The van der Waals surface area contributed by atoms with Crippen molar-refractivity contribution in [3.63, 3.8) is 0 Å². The minimum absolute atomic E-state index is 0.00203. The van der Waals surface area contributed by atoms with Gasteiger partial charge in [-0.3, -0.25) is 14.5 Å². The fourth-order valence-corrected chi connectivity index (χ4v) is 3.15. The highest BCUT2D eigenvalue weighted by Gasteiger charge is 2.33. The maximum absolute atomic E-state index is 14.3. The highest BCUT2D eigenvalue weighted by molar-refractivity contribution is 5.88. The zero-order valence-electron chi connectivity index (χ0n) is 15.9. The van der Waals surface area contributed by atoms with Crippen LogP contribution in [0.3, 0.4) is 0 Å². The van der Waals surface area contributed by atoms with Crippen LogP contribution in [-0.4, -0.2) is 60.1 Å². The van der Waals surface area contributed by atoms with E-state index in [9.17, 15) is 14.0 Å². The number of benzene rings is 1. The largest absolute Gasteiger partial charge is 0.497 e. The van der Waals surface area contributed by atoms with Crippen molar-refractivity contribution in [2.45, 2.75) is 25.6 Å². The van der Waals surface area contributed by atoms with Crippen LogP contribution < -0.4 is 10.1 Å². The maximum atomic E-state index is 14.3. The Morgan fingerprint density at radius 3 is 2.96 bits per heavy atom. The molecule has 0 unspecified atom stereocenters. The van der Waals surface area contributed by atoms with Crippen LogP contribution in [0.4, 0.5) is 4.39 Å². The van der Waals surface area contributed by atoms with Crippen LogP contribution in [0.15, 0.2) is 35.1 Å². The Hall–Kier alpha value is -2.94. The van der Waals surface area contributed by atoms with E-state index in [1.165, 1.54) is 24.3 Å². The Labute approximate surface area is 162 Å². The van der Waals surface area contributed by atoms with Gasteiger partial charge in [0, 0.05) is 44.4 Å². The average Bonchev–Trinajstić information content (AvgIpc) is 3.18. The van der Waals surface area contributed by atoms with Crippen molar-refractivity contribution in [1.82, 2.24) is 20.3 Å². The van der Waals surface area contributed by atoms with E-state index in [4.69, 9.17) is 9.26 Å². The number of methoxy groups -OCH3 is 1. The van der Waals surface area contributed by atoms with Crippen LogP contribution in [0.5, 0.6) is 5.75 Å². The van der Waals surface area contributed by atoms with Crippen molar-refractivity contribution in [3.05, 3.63) is 47.6 Å². The van der Waals surface area contributed by atoms with E-state index in [0.717, 1.165) is 0 Å². The zero-order chi connectivity index (χ0) is 20.1. The summed E-state index contributed by atoms with van der Waals surface area (Å²) in [6.07, 6.45) is 1.44. The Bertz CT molecular complexity index is 827. The molecule has 8 nitrogen and oxygen atoms in total. The second-order valence-electron chi connectivity index (χ2n) is 6.68. The second-order valence-corrected chi connectivity index (χ2v) is 6.68. The lowest BCUT2D eigenvalue weighted by Gasteiger charge is -2.35. The van der Waals surface area contributed by atoms with E-state index in [2.05, 4.69) is 10.5 Å². The van der Waals surface area contributed by atoms with Crippen LogP contribution in [0.1, 0.15) is 17.7 Å². The van der Waals surface area contributed by atoms with Gasteiger partial charge in [0.2, 0.25) is 11.8 Å². The third kappa shape index (κ3) is 4.66. The lowest BCUT2D eigenvalue weighted by Crippen LogP contribution is -2.56. The first-order valence-electron chi connectivity index (χ1n) is 8.95. The summed E-state index contributed by atoms with van der Waals surface area (Å²) in [6, 6.07) is 5.63. The summed E-state index contributed by atoms with van der Waals surface area (Å²) in [5, 5.41) is 6.56. The van der Waals surface area contributed by atoms with Crippen molar-refractivity contribution in [2.75, 3.05) is 27.2 Å². The van der Waals surface area contributed by atoms with Crippen molar-refractivity contribution in [2.24, 2.45) is 0 Å². The first-order chi connectivity index (χ1) is 13.5. The number of nitrogens with zero attached hydrogens (tertiary/aromatic N) is 3. The molecular weight excluding hydrogens is 367 g/mol. The number of amides is 2. The summed E-state index contributed by atoms with van der Waals surface area (Å²) in [5.41, 5.74) is 1.07. The van der Waals surface area contributed by atoms with Gasteiger partial charge in [-0.25, -0.2) is 4.39 Å².